The van der Waals surface area contributed by atoms with Crippen molar-refractivity contribution in [3.05, 3.63) is 71.3 Å². The highest BCUT2D eigenvalue weighted by Crippen LogP contribution is 2.32. The van der Waals surface area contributed by atoms with Gasteiger partial charge < -0.3 is 5.11 Å². The number of hydrogen-bond donors (Lipinski definition) is 2. The van der Waals surface area contributed by atoms with Crippen molar-refractivity contribution < 1.29 is 36.3 Å². The van der Waals surface area contributed by atoms with Crippen LogP contribution >= 0.6 is 0 Å². The van der Waals surface area contributed by atoms with Gasteiger partial charge in [-0.2, -0.15) is 13.2 Å². The minimum atomic E-state index is -4.56. The number of halogens is 3. The van der Waals surface area contributed by atoms with Crippen molar-refractivity contribution >= 4 is 27.9 Å². The van der Waals surface area contributed by atoms with E-state index in [9.17, 15) is 31.2 Å². The number of hydrogen-bond acceptors (Lipinski definition) is 4. The molecule has 0 bridgehead atoms. The number of aliphatic carboxylic acids is 1. The number of alkyl halides is 3. The summed E-state index contributed by atoms with van der Waals surface area (Å²) in [5.41, 5.74) is -0.969. The van der Waals surface area contributed by atoms with Crippen LogP contribution in [0.4, 0.5) is 13.2 Å². The Morgan fingerprint density at radius 2 is 1.66 bits per heavy atom. The van der Waals surface area contributed by atoms with Gasteiger partial charge in [0.15, 0.2) is 5.78 Å². The number of carboxylic acids is 1. The van der Waals surface area contributed by atoms with Crippen molar-refractivity contribution in [2.75, 3.05) is 6.54 Å². The Kier molecular flexibility index (Phi) is 6.93. The van der Waals surface area contributed by atoms with E-state index in [0.717, 1.165) is 30.4 Å². The third-order valence-corrected chi connectivity index (χ3v) is 5.24. The van der Waals surface area contributed by atoms with Crippen LogP contribution in [0.3, 0.4) is 0 Å². The molecule has 2 aromatic rings. The maximum atomic E-state index is 13.0. The Morgan fingerprint density at radius 1 is 1.03 bits per heavy atom. The molecular weight excluding hydrogens is 411 g/mol. The first-order valence-electron chi connectivity index (χ1n) is 8.21. The Balaban J connectivity index is 2.14. The fourth-order valence-electron chi connectivity index (χ4n) is 2.34. The van der Waals surface area contributed by atoms with Crippen LogP contribution in [0.15, 0.2) is 59.5 Å². The number of ketones is 1. The average molecular weight is 427 g/mol. The predicted molar refractivity (Wildman–Crippen MR) is 98.7 cm³/mol. The quantitative estimate of drug-likeness (QED) is 0.497. The lowest BCUT2D eigenvalue weighted by molar-refractivity contribution is -0.138. The molecule has 29 heavy (non-hydrogen) atoms. The van der Waals surface area contributed by atoms with Gasteiger partial charge in [-0.1, -0.05) is 24.3 Å². The fourth-order valence-corrected chi connectivity index (χ4v) is 3.37. The molecule has 0 spiro atoms. The number of carboxylic acid groups (broad SMARTS) is 1. The number of sulfonamides is 1. The van der Waals surface area contributed by atoms with Gasteiger partial charge in [-0.05, 0) is 42.0 Å². The Labute approximate surface area is 164 Å². The van der Waals surface area contributed by atoms with Crippen molar-refractivity contribution in [2.45, 2.75) is 17.5 Å². The van der Waals surface area contributed by atoms with E-state index in [0.29, 0.717) is 0 Å². The fraction of sp³-hybridized carbons (Fsp3) is 0.158. The van der Waals surface area contributed by atoms with Crippen LogP contribution in [0.25, 0.3) is 6.08 Å². The van der Waals surface area contributed by atoms with Crippen LogP contribution in [0.1, 0.15) is 27.9 Å². The van der Waals surface area contributed by atoms with Crippen molar-refractivity contribution in [3.63, 3.8) is 0 Å². The van der Waals surface area contributed by atoms with Gasteiger partial charge in [-0.15, -0.1) is 0 Å². The second-order valence-corrected chi connectivity index (χ2v) is 7.62. The molecule has 0 saturated carbocycles. The minimum Gasteiger partial charge on any atom is -0.481 e. The topological polar surface area (TPSA) is 101 Å². The molecule has 0 aliphatic heterocycles. The zero-order valence-electron chi connectivity index (χ0n) is 14.8. The SMILES string of the molecule is O=C(O)CCNS(=O)(=O)c1ccc(C(=O)/C=C/c2ccccc2C(F)(F)F)cc1. The summed E-state index contributed by atoms with van der Waals surface area (Å²) in [5.74, 6) is -1.77. The van der Waals surface area contributed by atoms with Gasteiger partial charge in [0.05, 0.1) is 16.9 Å². The normalized spacial score (nSPS) is 12.2. The third kappa shape index (κ3) is 6.26. The second kappa shape index (κ2) is 9.01. The number of benzene rings is 2. The maximum Gasteiger partial charge on any atom is 0.416 e. The van der Waals surface area contributed by atoms with Gasteiger partial charge in [0, 0.05) is 12.1 Å². The second-order valence-electron chi connectivity index (χ2n) is 5.85. The van der Waals surface area contributed by atoms with Crippen LogP contribution in [-0.2, 0) is 21.0 Å². The highest BCUT2D eigenvalue weighted by Gasteiger charge is 2.32. The lowest BCUT2D eigenvalue weighted by Crippen LogP contribution is -2.26. The number of carbonyl (C=O) groups is 2. The summed E-state index contributed by atoms with van der Waals surface area (Å²) in [6, 6.07) is 9.51. The van der Waals surface area contributed by atoms with Gasteiger partial charge in [0.1, 0.15) is 0 Å². The van der Waals surface area contributed by atoms with E-state index in [1.54, 1.807) is 0 Å². The molecule has 0 aromatic heterocycles. The molecule has 0 heterocycles. The summed E-state index contributed by atoms with van der Waals surface area (Å²) in [6.07, 6.45) is -2.93. The number of carbonyl (C=O) groups excluding carboxylic acids is 1. The first-order valence-corrected chi connectivity index (χ1v) is 9.69. The Hall–Kier alpha value is -2.98. The summed E-state index contributed by atoms with van der Waals surface area (Å²) in [5, 5.41) is 8.53. The zero-order chi connectivity index (χ0) is 21.7. The lowest BCUT2D eigenvalue weighted by atomic mass is 10.0. The van der Waals surface area contributed by atoms with Crippen LogP contribution < -0.4 is 4.72 Å². The van der Waals surface area contributed by atoms with Crippen molar-refractivity contribution in [1.29, 1.82) is 0 Å². The largest absolute Gasteiger partial charge is 0.481 e. The van der Waals surface area contributed by atoms with Crippen molar-refractivity contribution in [1.82, 2.24) is 4.72 Å². The maximum absolute atomic E-state index is 13.0. The summed E-state index contributed by atoms with van der Waals surface area (Å²) < 4.78 is 65.1. The number of nitrogens with one attached hydrogen (secondary N) is 1. The highest BCUT2D eigenvalue weighted by molar-refractivity contribution is 7.89. The molecule has 0 aliphatic rings. The van der Waals surface area contributed by atoms with Gasteiger partial charge in [0.2, 0.25) is 10.0 Å². The first-order chi connectivity index (χ1) is 13.5. The number of rotatable bonds is 8. The van der Waals surface area contributed by atoms with E-state index < -0.39 is 33.5 Å². The van der Waals surface area contributed by atoms with Gasteiger partial charge in [0.25, 0.3) is 0 Å². The summed E-state index contributed by atoms with van der Waals surface area (Å²) in [6.45, 7) is -0.292. The van der Waals surface area contributed by atoms with E-state index in [-0.39, 0.29) is 29.0 Å². The molecule has 0 fully saturated rings. The van der Waals surface area contributed by atoms with Gasteiger partial charge in [-0.25, -0.2) is 13.1 Å². The first kappa shape index (κ1) is 22.3. The van der Waals surface area contributed by atoms with Crippen LogP contribution in [0.5, 0.6) is 0 Å². The van der Waals surface area contributed by atoms with Crippen LogP contribution in [0.2, 0.25) is 0 Å². The standard InChI is InChI=1S/C19H16F3NO5S/c20-19(21,22)16-4-2-1-3-13(16)7-10-17(24)14-5-8-15(9-6-14)29(27,28)23-12-11-18(25)26/h1-10,23H,11-12H2,(H,25,26)/b10-7+. The molecular formula is C19H16F3NO5S. The molecule has 2 N–H and O–H groups in total. The van der Waals surface area contributed by atoms with Gasteiger partial charge >= 0.3 is 12.1 Å². The molecule has 0 unspecified atom stereocenters. The Bertz CT molecular complexity index is 1030. The van der Waals surface area contributed by atoms with Crippen LogP contribution in [0, 0.1) is 0 Å². The molecule has 154 valence electrons. The van der Waals surface area contributed by atoms with E-state index in [1.807, 2.05) is 0 Å². The highest BCUT2D eigenvalue weighted by atomic mass is 32.2. The summed E-state index contributed by atoms with van der Waals surface area (Å²) in [4.78, 5) is 22.5. The van der Waals surface area contributed by atoms with E-state index in [4.69, 9.17) is 5.11 Å². The van der Waals surface area contributed by atoms with E-state index >= 15 is 0 Å². The predicted octanol–water partition coefficient (Wildman–Crippen LogP) is 3.35. The average Bonchev–Trinajstić information content (AvgIpc) is 2.65. The zero-order valence-corrected chi connectivity index (χ0v) is 15.6. The third-order valence-electron chi connectivity index (χ3n) is 3.76. The smallest absolute Gasteiger partial charge is 0.416 e. The molecule has 0 saturated heterocycles. The summed E-state index contributed by atoms with van der Waals surface area (Å²) >= 11 is 0. The van der Waals surface area contributed by atoms with Gasteiger partial charge in [-0.3, -0.25) is 9.59 Å². The minimum absolute atomic E-state index is 0.0789. The molecule has 0 aliphatic carbocycles. The van der Waals surface area contributed by atoms with Crippen molar-refractivity contribution in [3.8, 4) is 0 Å². The molecule has 10 heteroatoms. The van der Waals surface area contributed by atoms with Crippen molar-refractivity contribution in [2.24, 2.45) is 0 Å². The summed E-state index contributed by atoms with van der Waals surface area (Å²) in [7, 11) is -3.94. The molecule has 0 radical (unpaired) electrons. The Morgan fingerprint density at radius 3 is 2.24 bits per heavy atom. The molecule has 0 atom stereocenters. The molecule has 6 nitrogen and oxygen atoms in total. The molecule has 2 aromatic carbocycles. The lowest BCUT2D eigenvalue weighted by Gasteiger charge is -2.09. The van der Waals surface area contributed by atoms with E-state index in [1.165, 1.54) is 30.3 Å². The van der Waals surface area contributed by atoms with Crippen LogP contribution in [-0.4, -0.2) is 31.8 Å². The molecule has 2 rings (SSSR count). The monoisotopic (exact) mass is 427 g/mol. The van der Waals surface area contributed by atoms with E-state index in [2.05, 4.69) is 4.72 Å². The molecule has 0 amide bonds. The number of allylic oxidation sites excluding steroid dienone is 1.